The average molecular weight is 441 g/mol. The molecule has 30 heavy (non-hydrogen) atoms. The van der Waals surface area contributed by atoms with Crippen LogP contribution in [0, 0.1) is 0 Å². The van der Waals surface area contributed by atoms with Crippen molar-refractivity contribution < 1.29 is 0 Å². The number of fused-ring (bicyclic) bond motifs is 2. The fourth-order valence-electron chi connectivity index (χ4n) is 3.29. The maximum Gasteiger partial charge on any atom is 0.153 e. The number of aromatic nitrogens is 2. The zero-order chi connectivity index (χ0) is 21.5. The first kappa shape index (κ1) is 22.3. The van der Waals surface area contributed by atoms with Crippen LogP contribution in [0.5, 0.6) is 0 Å². The van der Waals surface area contributed by atoms with Crippen molar-refractivity contribution in [2.75, 3.05) is 38.9 Å². The Morgan fingerprint density at radius 3 is 2.40 bits per heavy atom. The highest BCUT2D eigenvalue weighted by Gasteiger charge is 2.12. The highest BCUT2D eigenvalue weighted by molar-refractivity contribution is 6.31. The molecule has 0 atom stereocenters. The molecule has 6 heteroatoms. The van der Waals surface area contributed by atoms with Crippen molar-refractivity contribution in [1.29, 1.82) is 0 Å². The number of rotatable bonds is 6. The lowest BCUT2D eigenvalue weighted by molar-refractivity contribution is 0.405. The maximum atomic E-state index is 6.18. The van der Waals surface area contributed by atoms with E-state index in [4.69, 9.17) is 21.6 Å². The molecule has 0 radical (unpaired) electrons. The summed E-state index contributed by atoms with van der Waals surface area (Å²) in [5.74, 6) is 0.809. The number of anilines is 1. The van der Waals surface area contributed by atoms with Crippen molar-refractivity contribution in [3.05, 3.63) is 65.7 Å². The third-order valence-corrected chi connectivity index (χ3v) is 4.96. The van der Waals surface area contributed by atoms with Crippen LogP contribution in [0.1, 0.15) is 6.42 Å². The smallest absolute Gasteiger partial charge is 0.153 e. The maximum absolute atomic E-state index is 6.18. The SMILES string of the molecule is CCl.CN(C)CCCNc1nc2ccc(Cl)cc2nc1-c1ccc2ccccc2c1. The van der Waals surface area contributed by atoms with E-state index in [-0.39, 0.29) is 0 Å². The lowest BCUT2D eigenvalue weighted by Gasteiger charge is -2.14. The first-order chi connectivity index (χ1) is 14.6. The molecule has 0 spiro atoms. The summed E-state index contributed by atoms with van der Waals surface area (Å²) in [6, 6.07) is 20.4. The fraction of sp³-hybridized carbons (Fsp3) is 0.250. The zero-order valence-electron chi connectivity index (χ0n) is 17.5. The second-order valence-corrected chi connectivity index (χ2v) is 7.64. The summed E-state index contributed by atoms with van der Waals surface area (Å²) in [5, 5.41) is 6.55. The molecule has 0 aliphatic heterocycles. The number of nitrogens with one attached hydrogen (secondary N) is 1. The van der Waals surface area contributed by atoms with Gasteiger partial charge in [-0.3, -0.25) is 0 Å². The Bertz CT molecular complexity index is 1130. The molecule has 0 amide bonds. The highest BCUT2D eigenvalue weighted by Crippen LogP contribution is 2.30. The third-order valence-electron chi connectivity index (χ3n) is 4.72. The zero-order valence-corrected chi connectivity index (χ0v) is 19.0. The van der Waals surface area contributed by atoms with E-state index in [2.05, 4.69) is 78.4 Å². The summed E-state index contributed by atoms with van der Waals surface area (Å²) >= 11 is 10.8. The van der Waals surface area contributed by atoms with Crippen molar-refractivity contribution in [3.63, 3.8) is 0 Å². The van der Waals surface area contributed by atoms with Gasteiger partial charge in [-0.05, 0) is 62.1 Å². The Kier molecular flexibility index (Phi) is 7.86. The molecule has 1 aromatic heterocycles. The van der Waals surface area contributed by atoms with Gasteiger partial charge in [-0.1, -0.05) is 48.0 Å². The Morgan fingerprint density at radius 2 is 1.63 bits per heavy atom. The van der Waals surface area contributed by atoms with E-state index in [1.54, 1.807) is 0 Å². The predicted octanol–water partition coefficient (Wildman–Crippen LogP) is 6.32. The Balaban J connectivity index is 0.00000124. The van der Waals surface area contributed by atoms with Crippen LogP contribution in [0.15, 0.2) is 60.7 Å². The molecular formula is C24H26Cl2N4. The lowest BCUT2D eigenvalue weighted by atomic mass is 10.0. The molecule has 0 saturated heterocycles. The van der Waals surface area contributed by atoms with Gasteiger partial charge in [0.2, 0.25) is 0 Å². The van der Waals surface area contributed by atoms with E-state index in [1.165, 1.54) is 17.2 Å². The normalized spacial score (nSPS) is 10.9. The number of benzene rings is 3. The molecule has 4 rings (SSSR count). The molecule has 4 nitrogen and oxygen atoms in total. The lowest BCUT2D eigenvalue weighted by Crippen LogP contribution is -2.17. The standard InChI is InChI=1S/C23H23ClN4.CH3Cl/c1-28(2)13-5-12-25-23-22(26-21-15-19(24)10-11-20(21)27-23)18-9-8-16-6-3-4-7-17(16)14-18;1-2/h3-4,6-11,14-15H,5,12-13H2,1-2H3,(H,25,27);1H3. The molecule has 0 unspecified atom stereocenters. The van der Waals surface area contributed by atoms with Crippen molar-refractivity contribution in [2.45, 2.75) is 6.42 Å². The van der Waals surface area contributed by atoms with Gasteiger partial charge in [-0.2, -0.15) is 0 Å². The molecule has 0 aliphatic carbocycles. The Labute approximate surface area is 187 Å². The summed E-state index contributed by atoms with van der Waals surface area (Å²) in [7, 11) is 4.17. The molecule has 3 aromatic carbocycles. The number of halogens is 2. The molecule has 0 fully saturated rings. The van der Waals surface area contributed by atoms with Gasteiger partial charge >= 0.3 is 0 Å². The molecule has 1 heterocycles. The van der Waals surface area contributed by atoms with Gasteiger partial charge in [-0.25, -0.2) is 9.97 Å². The van der Waals surface area contributed by atoms with Gasteiger partial charge in [0.1, 0.15) is 5.69 Å². The van der Waals surface area contributed by atoms with Crippen molar-refractivity contribution >= 4 is 50.8 Å². The van der Waals surface area contributed by atoms with Crippen molar-refractivity contribution in [3.8, 4) is 11.3 Å². The fourth-order valence-corrected chi connectivity index (χ4v) is 3.46. The topological polar surface area (TPSA) is 41.0 Å². The van der Waals surface area contributed by atoms with E-state index in [1.807, 2.05) is 18.2 Å². The first-order valence-corrected chi connectivity index (χ1v) is 11.0. The quantitative estimate of drug-likeness (QED) is 0.281. The van der Waals surface area contributed by atoms with Crippen LogP contribution in [-0.4, -0.2) is 48.4 Å². The van der Waals surface area contributed by atoms with Crippen LogP contribution in [-0.2, 0) is 0 Å². The van der Waals surface area contributed by atoms with Gasteiger partial charge in [-0.15, -0.1) is 11.6 Å². The minimum Gasteiger partial charge on any atom is -0.368 e. The number of alkyl halides is 1. The number of hydrogen-bond acceptors (Lipinski definition) is 4. The molecule has 1 N–H and O–H groups in total. The summed E-state index contributed by atoms with van der Waals surface area (Å²) < 4.78 is 0. The average Bonchev–Trinajstić information content (AvgIpc) is 2.77. The predicted molar refractivity (Wildman–Crippen MR) is 131 cm³/mol. The molecule has 0 aliphatic rings. The highest BCUT2D eigenvalue weighted by atomic mass is 35.5. The number of nitrogens with zero attached hydrogens (tertiary/aromatic N) is 3. The van der Waals surface area contributed by atoms with E-state index in [0.717, 1.165) is 47.6 Å². The van der Waals surface area contributed by atoms with Gasteiger partial charge in [0, 0.05) is 23.5 Å². The summed E-state index contributed by atoms with van der Waals surface area (Å²) in [6.07, 6.45) is 2.50. The molecular weight excluding hydrogens is 415 g/mol. The van der Waals surface area contributed by atoms with E-state index in [0.29, 0.717) is 5.02 Å². The van der Waals surface area contributed by atoms with Gasteiger partial charge < -0.3 is 10.2 Å². The summed E-state index contributed by atoms with van der Waals surface area (Å²) in [4.78, 5) is 11.9. The van der Waals surface area contributed by atoms with Gasteiger partial charge in [0.25, 0.3) is 0 Å². The van der Waals surface area contributed by atoms with Crippen LogP contribution in [0.2, 0.25) is 5.02 Å². The van der Waals surface area contributed by atoms with E-state index >= 15 is 0 Å². The van der Waals surface area contributed by atoms with Crippen molar-refractivity contribution in [1.82, 2.24) is 14.9 Å². The molecule has 4 aromatic rings. The molecule has 0 saturated carbocycles. The minimum atomic E-state index is 0.665. The van der Waals surface area contributed by atoms with Crippen LogP contribution >= 0.6 is 23.2 Å². The van der Waals surface area contributed by atoms with E-state index in [9.17, 15) is 0 Å². The van der Waals surface area contributed by atoms with Gasteiger partial charge in [0.05, 0.1) is 11.0 Å². The molecule has 0 bridgehead atoms. The van der Waals surface area contributed by atoms with E-state index < -0.39 is 0 Å². The van der Waals surface area contributed by atoms with Gasteiger partial charge in [0.15, 0.2) is 5.82 Å². The van der Waals surface area contributed by atoms with Crippen LogP contribution in [0.25, 0.3) is 33.1 Å². The van der Waals surface area contributed by atoms with Crippen LogP contribution < -0.4 is 5.32 Å². The summed E-state index contributed by atoms with van der Waals surface area (Å²) in [5.41, 5.74) is 3.53. The monoisotopic (exact) mass is 440 g/mol. The first-order valence-electron chi connectivity index (χ1n) is 9.83. The Morgan fingerprint density at radius 1 is 0.867 bits per heavy atom. The minimum absolute atomic E-state index is 0.665. The third kappa shape index (κ3) is 5.39. The second-order valence-electron chi connectivity index (χ2n) is 7.20. The number of hydrogen-bond donors (Lipinski definition) is 1. The van der Waals surface area contributed by atoms with Crippen molar-refractivity contribution in [2.24, 2.45) is 0 Å². The Hall–Kier alpha value is -2.40. The second kappa shape index (κ2) is 10.6. The van der Waals surface area contributed by atoms with Crippen LogP contribution in [0.3, 0.4) is 0 Å². The molecule has 156 valence electrons. The largest absolute Gasteiger partial charge is 0.368 e. The van der Waals surface area contributed by atoms with Crippen LogP contribution in [0.4, 0.5) is 5.82 Å². The summed E-state index contributed by atoms with van der Waals surface area (Å²) in [6.45, 7) is 1.86.